The number of hydrogen-bond donors (Lipinski definition) is 1. The first-order valence-corrected chi connectivity index (χ1v) is 3.53. The van der Waals surface area contributed by atoms with Crippen molar-refractivity contribution in [2.24, 2.45) is 0 Å². The monoisotopic (exact) mass is 193 g/mol. The van der Waals surface area contributed by atoms with Gasteiger partial charge in [-0.3, -0.25) is 0 Å². The summed E-state index contributed by atoms with van der Waals surface area (Å²) in [5, 5.41) is 0. The lowest BCUT2D eigenvalue weighted by molar-refractivity contribution is -0.137. The van der Waals surface area contributed by atoms with Gasteiger partial charge in [-0.25, -0.2) is 0 Å². The zero-order chi connectivity index (χ0) is 9.90. The molecule has 0 spiro atoms. The van der Waals surface area contributed by atoms with E-state index in [-0.39, 0.29) is 12.1 Å². The van der Waals surface area contributed by atoms with Gasteiger partial charge in [0.25, 0.3) is 0 Å². The van der Waals surface area contributed by atoms with Gasteiger partial charge in [0, 0.05) is 0 Å². The fourth-order valence-electron chi connectivity index (χ4n) is 0.935. The van der Waals surface area contributed by atoms with Gasteiger partial charge in [0.15, 0.2) is 0 Å². The third kappa shape index (κ3) is 2.69. The van der Waals surface area contributed by atoms with E-state index in [2.05, 4.69) is 0 Å². The normalized spacial score (nSPS) is 11.7. The minimum absolute atomic E-state index is 0.218. The predicted molar refractivity (Wildman–Crippen MR) is 39.4 cm³/mol. The maximum absolute atomic E-state index is 12.1. The van der Waals surface area contributed by atoms with Crippen molar-refractivity contribution >= 4 is 0 Å². The molecule has 1 rings (SSSR count). The molecule has 0 bridgehead atoms. The van der Waals surface area contributed by atoms with Crippen LogP contribution in [0.15, 0.2) is 24.3 Å². The van der Waals surface area contributed by atoms with Crippen LogP contribution in [0.5, 0.6) is 0 Å². The van der Waals surface area contributed by atoms with E-state index < -0.39 is 11.7 Å². The lowest BCUT2D eigenvalue weighted by atomic mass is 10.1. The smallest absolute Gasteiger partial charge is 0.166 e. The Hall–Kier alpha value is -1.10. The Labute approximate surface area is 72.3 Å². The summed E-state index contributed by atoms with van der Waals surface area (Å²) in [6, 6.07) is 4.52. The second kappa shape index (κ2) is 3.74. The van der Waals surface area contributed by atoms with Gasteiger partial charge in [0.05, 0.1) is 12.1 Å². The standard InChI is InChI=1S/C8H7F4N/c9-8(10,11)7-3-1-2-6(4-7)5-13-12/h1-4,13H,5H2. The van der Waals surface area contributed by atoms with Crippen molar-refractivity contribution in [3.8, 4) is 0 Å². The second-order valence-corrected chi connectivity index (χ2v) is 2.51. The highest BCUT2D eigenvalue weighted by Gasteiger charge is 2.30. The minimum atomic E-state index is -4.37. The molecule has 0 aliphatic heterocycles. The Bertz CT molecular complexity index is 282. The number of halogens is 4. The zero-order valence-electron chi connectivity index (χ0n) is 6.53. The summed E-state index contributed by atoms with van der Waals surface area (Å²) in [7, 11) is 0. The summed E-state index contributed by atoms with van der Waals surface area (Å²) in [5.74, 6) is 0. The van der Waals surface area contributed by atoms with Crippen LogP contribution in [-0.2, 0) is 12.7 Å². The fraction of sp³-hybridized carbons (Fsp3) is 0.250. The maximum atomic E-state index is 12.1. The van der Waals surface area contributed by atoms with Crippen molar-refractivity contribution in [3.63, 3.8) is 0 Å². The molecular weight excluding hydrogens is 186 g/mol. The average molecular weight is 193 g/mol. The van der Waals surface area contributed by atoms with Crippen molar-refractivity contribution in [2.75, 3.05) is 0 Å². The van der Waals surface area contributed by atoms with Crippen LogP contribution in [-0.4, -0.2) is 0 Å². The number of benzene rings is 1. The molecule has 0 saturated carbocycles. The van der Waals surface area contributed by atoms with Gasteiger partial charge in [-0.05, 0) is 11.6 Å². The molecule has 5 heteroatoms. The van der Waals surface area contributed by atoms with Crippen molar-refractivity contribution < 1.29 is 17.7 Å². The molecule has 0 saturated heterocycles. The fourth-order valence-corrected chi connectivity index (χ4v) is 0.935. The SMILES string of the molecule is FNCc1cccc(C(F)(F)F)c1. The molecule has 0 radical (unpaired) electrons. The quantitative estimate of drug-likeness (QED) is 0.562. The largest absolute Gasteiger partial charge is 0.416 e. The van der Waals surface area contributed by atoms with E-state index >= 15 is 0 Å². The van der Waals surface area contributed by atoms with Gasteiger partial charge < -0.3 is 0 Å². The summed E-state index contributed by atoms with van der Waals surface area (Å²) in [5.41, 5.74) is 0.793. The summed E-state index contributed by atoms with van der Waals surface area (Å²) < 4.78 is 47.9. The Balaban J connectivity index is 2.92. The van der Waals surface area contributed by atoms with Crippen molar-refractivity contribution in [3.05, 3.63) is 35.4 Å². The molecular formula is C8H7F4N. The van der Waals surface area contributed by atoms with E-state index in [1.54, 1.807) is 0 Å². The Morgan fingerprint density at radius 3 is 2.46 bits per heavy atom. The average Bonchev–Trinajstić information content (AvgIpc) is 2.04. The molecule has 0 aromatic heterocycles. The molecule has 0 unspecified atom stereocenters. The van der Waals surface area contributed by atoms with E-state index in [4.69, 9.17) is 0 Å². The van der Waals surface area contributed by atoms with Crippen LogP contribution in [0.1, 0.15) is 11.1 Å². The van der Waals surface area contributed by atoms with Gasteiger partial charge >= 0.3 is 6.18 Å². The van der Waals surface area contributed by atoms with Crippen LogP contribution in [0, 0.1) is 0 Å². The summed E-state index contributed by atoms with van der Waals surface area (Å²) in [6.07, 6.45) is -4.37. The lowest BCUT2D eigenvalue weighted by Crippen LogP contribution is -2.07. The molecule has 72 valence electrons. The number of alkyl halides is 3. The van der Waals surface area contributed by atoms with Gasteiger partial charge in [-0.2, -0.15) is 18.7 Å². The molecule has 0 fully saturated rings. The van der Waals surface area contributed by atoms with Gasteiger partial charge in [-0.15, -0.1) is 4.48 Å². The zero-order valence-corrected chi connectivity index (χ0v) is 6.53. The molecule has 0 aliphatic carbocycles. The minimum Gasteiger partial charge on any atom is -0.166 e. The summed E-state index contributed by atoms with van der Waals surface area (Å²) in [6.45, 7) is -0.218. The van der Waals surface area contributed by atoms with Crippen molar-refractivity contribution in [1.82, 2.24) is 5.54 Å². The van der Waals surface area contributed by atoms with Crippen LogP contribution in [0.3, 0.4) is 0 Å². The molecule has 1 aromatic carbocycles. The highest BCUT2D eigenvalue weighted by Crippen LogP contribution is 2.29. The molecule has 0 atom stereocenters. The molecule has 0 amide bonds. The van der Waals surface area contributed by atoms with E-state index in [1.807, 2.05) is 0 Å². The first-order chi connectivity index (χ1) is 6.04. The van der Waals surface area contributed by atoms with Crippen LogP contribution >= 0.6 is 0 Å². The third-order valence-electron chi connectivity index (χ3n) is 1.53. The van der Waals surface area contributed by atoms with Gasteiger partial charge in [0.1, 0.15) is 0 Å². The molecule has 0 heterocycles. The van der Waals surface area contributed by atoms with Crippen molar-refractivity contribution in [2.45, 2.75) is 12.7 Å². The van der Waals surface area contributed by atoms with E-state index in [9.17, 15) is 17.7 Å². The Morgan fingerprint density at radius 2 is 1.92 bits per heavy atom. The first kappa shape index (κ1) is 9.98. The Kier molecular flexibility index (Phi) is 2.87. The van der Waals surface area contributed by atoms with Crippen LogP contribution in [0.4, 0.5) is 17.7 Å². The maximum Gasteiger partial charge on any atom is 0.416 e. The highest BCUT2D eigenvalue weighted by atomic mass is 19.4. The molecule has 1 aromatic rings. The lowest BCUT2D eigenvalue weighted by Gasteiger charge is -2.07. The molecule has 1 nitrogen and oxygen atoms in total. The van der Waals surface area contributed by atoms with Gasteiger partial charge in [-0.1, -0.05) is 18.2 Å². The van der Waals surface area contributed by atoms with Gasteiger partial charge in [0.2, 0.25) is 0 Å². The molecule has 1 N–H and O–H groups in total. The van der Waals surface area contributed by atoms with Crippen LogP contribution < -0.4 is 5.54 Å². The first-order valence-electron chi connectivity index (χ1n) is 3.53. The molecule has 13 heavy (non-hydrogen) atoms. The second-order valence-electron chi connectivity index (χ2n) is 2.51. The summed E-state index contributed by atoms with van der Waals surface area (Å²) >= 11 is 0. The summed E-state index contributed by atoms with van der Waals surface area (Å²) in [4.78, 5) is 0. The topological polar surface area (TPSA) is 12.0 Å². The number of hydrogen-bond acceptors (Lipinski definition) is 1. The Morgan fingerprint density at radius 1 is 1.23 bits per heavy atom. The van der Waals surface area contributed by atoms with Crippen molar-refractivity contribution in [1.29, 1.82) is 0 Å². The predicted octanol–water partition coefficient (Wildman–Crippen LogP) is 2.68. The van der Waals surface area contributed by atoms with E-state index in [1.165, 1.54) is 17.7 Å². The van der Waals surface area contributed by atoms with E-state index in [0.717, 1.165) is 12.1 Å². The number of rotatable bonds is 2. The number of nitrogens with one attached hydrogen (secondary N) is 1. The third-order valence-corrected chi connectivity index (χ3v) is 1.53. The van der Waals surface area contributed by atoms with Crippen LogP contribution in [0.25, 0.3) is 0 Å². The van der Waals surface area contributed by atoms with Crippen LogP contribution in [0.2, 0.25) is 0 Å². The molecule has 0 aliphatic rings. The highest BCUT2D eigenvalue weighted by molar-refractivity contribution is 5.25. The van der Waals surface area contributed by atoms with E-state index in [0.29, 0.717) is 0 Å².